The average Bonchev–Trinajstić information content (AvgIpc) is 2.54. The second kappa shape index (κ2) is 8.01. The van der Waals surface area contributed by atoms with Crippen LogP contribution >= 0.6 is 11.8 Å². The van der Waals surface area contributed by atoms with Gasteiger partial charge in [-0.2, -0.15) is 0 Å². The molecule has 1 aromatic heterocycles. The van der Waals surface area contributed by atoms with Crippen LogP contribution in [0.4, 0.5) is 0 Å². The average molecular weight is 347 g/mol. The molecule has 0 aromatic carbocycles. The molecule has 24 heavy (non-hydrogen) atoms. The number of aromatic nitrogens is 1. The van der Waals surface area contributed by atoms with Crippen LogP contribution in [0.5, 0.6) is 0 Å². The van der Waals surface area contributed by atoms with Gasteiger partial charge < -0.3 is 10.2 Å². The molecule has 5 nitrogen and oxygen atoms in total. The van der Waals surface area contributed by atoms with Gasteiger partial charge in [0.05, 0.1) is 10.6 Å². The Balaban J connectivity index is 1.48. The maximum atomic E-state index is 12.6. The first kappa shape index (κ1) is 17.3. The number of pyridine rings is 1. The monoisotopic (exact) mass is 347 g/mol. The number of likely N-dealkylation sites (tertiary alicyclic amines) is 1. The SMILES string of the molecule is CCSc1ccc(C(=O)N2CCC(NC(=O)C3CCC3)CC2)cn1. The van der Waals surface area contributed by atoms with E-state index >= 15 is 0 Å². The Bertz CT molecular complexity index is 578. The molecule has 2 amide bonds. The summed E-state index contributed by atoms with van der Waals surface area (Å²) in [6.45, 7) is 3.47. The van der Waals surface area contributed by atoms with Crippen molar-refractivity contribution in [1.82, 2.24) is 15.2 Å². The van der Waals surface area contributed by atoms with Gasteiger partial charge in [-0.1, -0.05) is 13.3 Å². The van der Waals surface area contributed by atoms with Crippen LogP contribution in [-0.2, 0) is 4.79 Å². The fourth-order valence-corrected chi connectivity index (χ4v) is 3.73. The van der Waals surface area contributed by atoms with Gasteiger partial charge in [-0.3, -0.25) is 9.59 Å². The zero-order valence-electron chi connectivity index (χ0n) is 14.2. The van der Waals surface area contributed by atoms with Crippen LogP contribution < -0.4 is 5.32 Å². The first-order valence-electron chi connectivity index (χ1n) is 8.86. The molecule has 0 atom stereocenters. The Hall–Kier alpha value is -1.56. The van der Waals surface area contributed by atoms with Crippen LogP contribution in [0.3, 0.4) is 0 Å². The number of nitrogens with one attached hydrogen (secondary N) is 1. The van der Waals surface area contributed by atoms with E-state index < -0.39 is 0 Å². The molecule has 1 saturated carbocycles. The Morgan fingerprint density at radius 3 is 2.54 bits per heavy atom. The lowest BCUT2D eigenvalue weighted by Gasteiger charge is -2.34. The first-order chi connectivity index (χ1) is 11.7. The van der Waals surface area contributed by atoms with Gasteiger partial charge in [0.1, 0.15) is 0 Å². The van der Waals surface area contributed by atoms with Crippen LogP contribution in [0.1, 0.15) is 49.4 Å². The molecule has 130 valence electrons. The van der Waals surface area contributed by atoms with E-state index in [1.54, 1.807) is 18.0 Å². The molecule has 0 unspecified atom stereocenters. The number of carbonyl (C=O) groups excluding carboxylic acids is 2. The van der Waals surface area contributed by atoms with Gasteiger partial charge in [0.2, 0.25) is 5.91 Å². The van der Waals surface area contributed by atoms with Crippen LogP contribution in [0.15, 0.2) is 23.4 Å². The van der Waals surface area contributed by atoms with Crippen molar-refractivity contribution >= 4 is 23.6 Å². The highest BCUT2D eigenvalue weighted by Crippen LogP contribution is 2.27. The summed E-state index contributed by atoms with van der Waals surface area (Å²) in [5, 5.41) is 4.10. The molecule has 2 aliphatic rings. The van der Waals surface area contributed by atoms with E-state index in [9.17, 15) is 9.59 Å². The van der Waals surface area contributed by atoms with Gasteiger partial charge >= 0.3 is 0 Å². The molecule has 6 heteroatoms. The zero-order valence-corrected chi connectivity index (χ0v) is 15.0. The third-order valence-corrected chi connectivity index (χ3v) is 5.71. The Morgan fingerprint density at radius 2 is 2.00 bits per heavy atom. The Morgan fingerprint density at radius 1 is 1.25 bits per heavy atom. The van der Waals surface area contributed by atoms with Crippen molar-refractivity contribution in [3.05, 3.63) is 23.9 Å². The number of carbonyl (C=O) groups is 2. The highest BCUT2D eigenvalue weighted by molar-refractivity contribution is 7.99. The summed E-state index contributed by atoms with van der Waals surface area (Å²) in [6, 6.07) is 3.98. The Kier molecular flexibility index (Phi) is 5.76. The summed E-state index contributed by atoms with van der Waals surface area (Å²) >= 11 is 1.67. The van der Waals surface area contributed by atoms with Gasteiger partial charge in [0, 0.05) is 31.2 Å². The number of rotatable bonds is 5. The standard InChI is InChI=1S/C18H25N3O2S/c1-2-24-16-7-6-14(12-19-16)18(23)21-10-8-15(9-11-21)20-17(22)13-4-3-5-13/h6-7,12-13,15H,2-5,8-11H2,1H3,(H,20,22). The molecule has 0 spiro atoms. The Labute approximate surface area is 147 Å². The maximum Gasteiger partial charge on any atom is 0.255 e. The van der Waals surface area contributed by atoms with Gasteiger partial charge in [0.15, 0.2) is 0 Å². The minimum absolute atomic E-state index is 0.0410. The second-order valence-electron chi connectivity index (χ2n) is 6.52. The molecule has 0 bridgehead atoms. The normalized spacial score (nSPS) is 19.0. The fraction of sp³-hybridized carbons (Fsp3) is 0.611. The molecule has 1 aromatic rings. The summed E-state index contributed by atoms with van der Waals surface area (Å²) in [4.78, 5) is 30.8. The number of hydrogen-bond donors (Lipinski definition) is 1. The number of nitrogens with zero attached hydrogens (tertiary/aromatic N) is 2. The van der Waals surface area contributed by atoms with Crippen molar-refractivity contribution in [1.29, 1.82) is 0 Å². The lowest BCUT2D eigenvalue weighted by Crippen LogP contribution is -2.48. The molecule has 0 radical (unpaired) electrons. The molecular weight excluding hydrogens is 322 g/mol. The number of amides is 2. The van der Waals surface area contributed by atoms with Gasteiger partial charge in [-0.05, 0) is 43.6 Å². The smallest absolute Gasteiger partial charge is 0.255 e. The summed E-state index contributed by atoms with van der Waals surface area (Å²) in [5.74, 6) is 1.45. The van der Waals surface area contributed by atoms with Crippen molar-refractivity contribution in [3.63, 3.8) is 0 Å². The largest absolute Gasteiger partial charge is 0.353 e. The highest BCUT2D eigenvalue weighted by atomic mass is 32.2. The minimum atomic E-state index is 0.0410. The third kappa shape index (κ3) is 4.09. The van der Waals surface area contributed by atoms with Crippen LogP contribution in [0, 0.1) is 5.92 Å². The van der Waals surface area contributed by atoms with E-state index in [4.69, 9.17) is 0 Å². The second-order valence-corrected chi connectivity index (χ2v) is 7.81. The summed E-state index contributed by atoms with van der Waals surface area (Å²) in [6.07, 6.45) is 6.58. The molecule has 1 aliphatic carbocycles. The van der Waals surface area contributed by atoms with Crippen molar-refractivity contribution in [2.75, 3.05) is 18.8 Å². The number of piperidine rings is 1. The molecular formula is C18H25N3O2S. The van der Waals surface area contributed by atoms with Gasteiger partial charge in [-0.15, -0.1) is 11.8 Å². The van der Waals surface area contributed by atoms with E-state index in [0.29, 0.717) is 18.7 Å². The topological polar surface area (TPSA) is 62.3 Å². The fourth-order valence-electron chi connectivity index (χ4n) is 3.14. The lowest BCUT2D eigenvalue weighted by molar-refractivity contribution is -0.128. The number of thioether (sulfide) groups is 1. The minimum Gasteiger partial charge on any atom is -0.353 e. The summed E-state index contributed by atoms with van der Waals surface area (Å²) in [7, 11) is 0. The first-order valence-corrected chi connectivity index (χ1v) is 9.84. The summed E-state index contributed by atoms with van der Waals surface area (Å²) in [5.41, 5.74) is 0.646. The number of hydrogen-bond acceptors (Lipinski definition) is 4. The van der Waals surface area contributed by atoms with Crippen LogP contribution in [-0.4, -0.2) is 46.6 Å². The molecule has 1 aliphatic heterocycles. The quantitative estimate of drug-likeness (QED) is 0.832. The van der Waals surface area contributed by atoms with Crippen LogP contribution in [0.25, 0.3) is 0 Å². The van der Waals surface area contributed by atoms with Gasteiger partial charge in [0.25, 0.3) is 5.91 Å². The molecule has 2 fully saturated rings. The highest BCUT2D eigenvalue weighted by Gasteiger charge is 2.29. The third-order valence-electron chi connectivity index (χ3n) is 4.88. The lowest BCUT2D eigenvalue weighted by atomic mass is 9.84. The molecule has 3 rings (SSSR count). The maximum absolute atomic E-state index is 12.6. The van der Waals surface area contributed by atoms with E-state index in [2.05, 4.69) is 17.2 Å². The van der Waals surface area contributed by atoms with Gasteiger partial charge in [-0.25, -0.2) is 4.98 Å². The van der Waals surface area contributed by atoms with E-state index in [1.165, 1.54) is 6.42 Å². The van der Waals surface area contributed by atoms with Crippen molar-refractivity contribution in [2.24, 2.45) is 5.92 Å². The molecule has 2 heterocycles. The van der Waals surface area contributed by atoms with Crippen molar-refractivity contribution in [3.8, 4) is 0 Å². The molecule has 1 saturated heterocycles. The van der Waals surface area contributed by atoms with E-state index in [0.717, 1.165) is 36.5 Å². The molecule has 1 N–H and O–H groups in total. The predicted octanol–water partition coefficient (Wildman–Crippen LogP) is 2.71. The van der Waals surface area contributed by atoms with Crippen molar-refractivity contribution in [2.45, 2.75) is 50.1 Å². The van der Waals surface area contributed by atoms with Crippen LogP contribution in [0.2, 0.25) is 0 Å². The zero-order chi connectivity index (χ0) is 16.9. The van der Waals surface area contributed by atoms with Crippen molar-refractivity contribution < 1.29 is 9.59 Å². The van der Waals surface area contributed by atoms with E-state index in [-0.39, 0.29) is 23.8 Å². The van der Waals surface area contributed by atoms with E-state index in [1.807, 2.05) is 17.0 Å². The predicted molar refractivity (Wildman–Crippen MR) is 95.0 cm³/mol. The summed E-state index contributed by atoms with van der Waals surface area (Å²) < 4.78 is 0.